The zero-order valence-electron chi connectivity index (χ0n) is 14.8. The average molecular weight is 337 g/mol. The lowest BCUT2D eigenvalue weighted by Crippen LogP contribution is -2.39. The van der Waals surface area contributed by atoms with Gasteiger partial charge in [0.1, 0.15) is 5.76 Å². The zero-order chi connectivity index (χ0) is 16.9. The number of hydrogen-bond acceptors (Lipinski definition) is 4. The minimum Gasteiger partial charge on any atom is -0.469 e. The highest BCUT2D eigenvalue weighted by molar-refractivity contribution is 5.79. The van der Waals surface area contributed by atoms with Crippen LogP contribution in [-0.2, 0) is 15.9 Å². The van der Waals surface area contributed by atoms with E-state index in [0.29, 0.717) is 0 Å². The molecule has 1 saturated heterocycles. The molecule has 2 heterocycles. The minimum atomic E-state index is 0.270. The van der Waals surface area contributed by atoms with Gasteiger partial charge in [0, 0.05) is 39.3 Å². The van der Waals surface area contributed by atoms with E-state index >= 15 is 0 Å². The van der Waals surface area contributed by atoms with Gasteiger partial charge in [0.2, 0.25) is 0 Å². The van der Waals surface area contributed by atoms with Crippen LogP contribution < -0.4 is 10.6 Å². The second kappa shape index (κ2) is 11.9. The summed E-state index contributed by atoms with van der Waals surface area (Å²) in [6.07, 6.45) is 7.21. The fourth-order valence-electron chi connectivity index (χ4n) is 2.59. The second-order valence-electron chi connectivity index (χ2n) is 5.91. The molecular formula is C18H31N3O3. The fraction of sp³-hybridized carbons (Fsp3) is 0.722. The number of unbranched alkanes of at least 4 members (excludes halogenated alkanes) is 1. The van der Waals surface area contributed by atoms with Crippen molar-refractivity contribution < 1.29 is 13.9 Å². The van der Waals surface area contributed by atoms with E-state index in [4.69, 9.17) is 13.9 Å². The molecule has 1 aliphatic heterocycles. The van der Waals surface area contributed by atoms with Crippen LogP contribution in [0.4, 0.5) is 0 Å². The van der Waals surface area contributed by atoms with E-state index in [2.05, 4.69) is 15.6 Å². The molecule has 6 heteroatoms. The fourth-order valence-corrected chi connectivity index (χ4v) is 2.59. The third-order valence-corrected chi connectivity index (χ3v) is 3.93. The number of nitrogens with one attached hydrogen (secondary N) is 2. The largest absolute Gasteiger partial charge is 0.469 e. The van der Waals surface area contributed by atoms with Crippen molar-refractivity contribution in [3.8, 4) is 0 Å². The van der Waals surface area contributed by atoms with Gasteiger partial charge in [0.25, 0.3) is 0 Å². The average Bonchev–Trinajstić information content (AvgIpc) is 3.28. The molecule has 0 radical (unpaired) electrons. The number of furan rings is 1. The third-order valence-electron chi connectivity index (χ3n) is 3.93. The van der Waals surface area contributed by atoms with Gasteiger partial charge in [-0.1, -0.05) is 0 Å². The summed E-state index contributed by atoms with van der Waals surface area (Å²) in [4.78, 5) is 4.67. The van der Waals surface area contributed by atoms with Gasteiger partial charge in [-0.25, -0.2) is 0 Å². The summed E-state index contributed by atoms with van der Waals surface area (Å²) in [5.41, 5.74) is 0. The number of guanidine groups is 1. The SMILES string of the molecule is CCOCCCCNC(=NCC1CCCO1)NCCc1ccco1. The van der Waals surface area contributed by atoms with Crippen molar-refractivity contribution in [2.24, 2.45) is 4.99 Å². The molecule has 0 aromatic carbocycles. The predicted octanol–water partition coefficient (Wildman–Crippen LogP) is 2.35. The predicted molar refractivity (Wildman–Crippen MR) is 95.4 cm³/mol. The van der Waals surface area contributed by atoms with Gasteiger partial charge < -0.3 is 24.5 Å². The summed E-state index contributed by atoms with van der Waals surface area (Å²) in [6, 6.07) is 3.91. The highest BCUT2D eigenvalue weighted by atomic mass is 16.5. The highest BCUT2D eigenvalue weighted by Gasteiger charge is 2.14. The van der Waals surface area contributed by atoms with Crippen LogP contribution in [0, 0.1) is 0 Å². The van der Waals surface area contributed by atoms with E-state index in [0.717, 1.165) is 83.3 Å². The molecule has 2 N–H and O–H groups in total. The molecule has 0 spiro atoms. The third kappa shape index (κ3) is 7.84. The minimum absolute atomic E-state index is 0.270. The molecule has 0 saturated carbocycles. The zero-order valence-corrected chi connectivity index (χ0v) is 14.8. The van der Waals surface area contributed by atoms with Crippen LogP contribution in [-0.4, -0.2) is 51.5 Å². The lowest BCUT2D eigenvalue weighted by atomic mass is 10.2. The summed E-state index contributed by atoms with van der Waals surface area (Å²) >= 11 is 0. The number of rotatable bonds is 11. The first-order chi connectivity index (χ1) is 11.9. The maximum Gasteiger partial charge on any atom is 0.191 e. The van der Waals surface area contributed by atoms with Gasteiger partial charge in [0.15, 0.2) is 5.96 Å². The van der Waals surface area contributed by atoms with Gasteiger partial charge in [-0.2, -0.15) is 0 Å². The molecule has 1 atom stereocenters. The van der Waals surface area contributed by atoms with Crippen LogP contribution in [0.15, 0.2) is 27.8 Å². The van der Waals surface area contributed by atoms with Gasteiger partial charge >= 0.3 is 0 Å². The first-order valence-electron chi connectivity index (χ1n) is 9.12. The van der Waals surface area contributed by atoms with Crippen molar-refractivity contribution in [3.63, 3.8) is 0 Å². The lowest BCUT2D eigenvalue weighted by Gasteiger charge is -2.13. The number of aliphatic imine (C=N–C) groups is 1. The van der Waals surface area contributed by atoms with E-state index in [-0.39, 0.29) is 6.10 Å². The Balaban J connectivity index is 1.68. The van der Waals surface area contributed by atoms with E-state index in [1.165, 1.54) is 0 Å². The lowest BCUT2D eigenvalue weighted by molar-refractivity contribution is 0.117. The first-order valence-corrected chi connectivity index (χ1v) is 9.12. The molecule has 1 aromatic heterocycles. The Labute approximate surface area is 145 Å². The molecule has 24 heavy (non-hydrogen) atoms. The maximum absolute atomic E-state index is 5.64. The van der Waals surface area contributed by atoms with Crippen LogP contribution >= 0.6 is 0 Å². The van der Waals surface area contributed by atoms with Gasteiger partial charge in [-0.05, 0) is 44.7 Å². The smallest absolute Gasteiger partial charge is 0.191 e. The van der Waals surface area contributed by atoms with Crippen LogP contribution in [0.25, 0.3) is 0 Å². The Morgan fingerprint density at radius 2 is 2.25 bits per heavy atom. The number of nitrogens with zero attached hydrogens (tertiary/aromatic N) is 1. The molecule has 2 rings (SSSR count). The molecule has 6 nitrogen and oxygen atoms in total. The van der Waals surface area contributed by atoms with Crippen LogP contribution in [0.3, 0.4) is 0 Å². The highest BCUT2D eigenvalue weighted by Crippen LogP contribution is 2.11. The summed E-state index contributed by atoms with van der Waals surface area (Å²) in [5.74, 6) is 1.84. The summed E-state index contributed by atoms with van der Waals surface area (Å²) < 4.78 is 16.4. The van der Waals surface area contributed by atoms with E-state index < -0.39 is 0 Å². The molecule has 1 unspecified atom stereocenters. The molecule has 0 bridgehead atoms. The van der Waals surface area contributed by atoms with Crippen molar-refractivity contribution >= 4 is 5.96 Å². The topological polar surface area (TPSA) is 68.0 Å². The Kier molecular flexibility index (Phi) is 9.34. The Bertz CT molecular complexity index is 442. The van der Waals surface area contributed by atoms with Gasteiger partial charge in [-0.3, -0.25) is 4.99 Å². The van der Waals surface area contributed by atoms with Crippen molar-refractivity contribution in [1.82, 2.24) is 10.6 Å². The van der Waals surface area contributed by atoms with Gasteiger partial charge in [0.05, 0.1) is 18.9 Å². The molecule has 1 aromatic rings. The summed E-state index contributed by atoms with van der Waals surface area (Å²) in [6.45, 7) is 6.91. The van der Waals surface area contributed by atoms with Crippen LogP contribution in [0.2, 0.25) is 0 Å². The molecule has 1 fully saturated rings. The molecule has 0 amide bonds. The quantitative estimate of drug-likeness (QED) is 0.369. The van der Waals surface area contributed by atoms with E-state index in [9.17, 15) is 0 Å². The molecule has 1 aliphatic rings. The Morgan fingerprint density at radius 1 is 1.33 bits per heavy atom. The first kappa shape index (κ1) is 18.8. The van der Waals surface area contributed by atoms with Crippen molar-refractivity contribution in [2.45, 2.75) is 45.1 Å². The summed E-state index contributed by atoms with van der Waals surface area (Å²) in [5, 5.41) is 6.77. The maximum atomic E-state index is 5.64. The normalized spacial score (nSPS) is 18.0. The summed E-state index contributed by atoms with van der Waals surface area (Å²) in [7, 11) is 0. The van der Waals surface area contributed by atoms with Crippen LogP contribution in [0.1, 0.15) is 38.4 Å². The van der Waals surface area contributed by atoms with E-state index in [1.807, 2.05) is 19.1 Å². The number of hydrogen-bond donors (Lipinski definition) is 2. The Hall–Kier alpha value is -1.53. The molecule has 136 valence electrons. The van der Waals surface area contributed by atoms with Crippen molar-refractivity contribution in [2.75, 3.05) is 39.5 Å². The van der Waals surface area contributed by atoms with Crippen molar-refractivity contribution in [1.29, 1.82) is 0 Å². The van der Waals surface area contributed by atoms with E-state index in [1.54, 1.807) is 6.26 Å². The van der Waals surface area contributed by atoms with Crippen LogP contribution in [0.5, 0.6) is 0 Å². The molecular weight excluding hydrogens is 306 g/mol. The van der Waals surface area contributed by atoms with Crippen molar-refractivity contribution in [3.05, 3.63) is 24.2 Å². The number of ether oxygens (including phenoxy) is 2. The Morgan fingerprint density at radius 3 is 3.00 bits per heavy atom. The van der Waals surface area contributed by atoms with Gasteiger partial charge in [-0.15, -0.1) is 0 Å². The monoisotopic (exact) mass is 337 g/mol. The standard InChI is InChI=1S/C18H31N3O3/c1-2-22-12-4-3-10-19-18(21-15-17-8-6-14-24-17)20-11-9-16-7-5-13-23-16/h5,7,13,17H,2-4,6,8-12,14-15H2,1H3,(H2,19,20,21). The molecule has 0 aliphatic carbocycles. The second-order valence-corrected chi connectivity index (χ2v) is 5.91.